The van der Waals surface area contributed by atoms with Crippen molar-refractivity contribution in [2.24, 2.45) is 0 Å². The number of hydrogen-bond donors (Lipinski definition) is 1. The number of carbonyl (C=O) groups excluding carboxylic acids is 2. The van der Waals surface area contributed by atoms with Crippen LogP contribution in [-0.2, 0) is 21.5 Å². The lowest BCUT2D eigenvalue weighted by Crippen LogP contribution is -2.40. The molecule has 0 saturated heterocycles. The molecule has 196 valence electrons. The fraction of sp³-hybridized carbons (Fsp3) is 0.233. The van der Waals surface area contributed by atoms with Crippen LogP contribution < -0.4 is 10.1 Å². The van der Waals surface area contributed by atoms with Gasteiger partial charge in [0.1, 0.15) is 18.1 Å². The lowest BCUT2D eigenvalue weighted by atomic mass is 9.92. The molecular formula is C30H31ClN4O3. The number of ether oxygens (including phenoxy) is 1. The number of nitrogens with one attached hydrogen (secondary N) is 1. The second-order valence-corrected chi connectivity index (χ2v) is 10.3. The van der Waals surface area contributed by atoms with Gasteiger partial charge in [0, 0.05) is 18.0 Å². The topological polar surface area (TPSA) is 76.5 Å². The molecule has 3 aromatic carbocycles. The van der Waals surface area contributed by atoms with Crippen LogP contribution in [0.4, 0.5) is 5.82 Å². The molecule has 7 nitrogen and oxygen atoms in total. The summed E-state index contributed by atoms with van der Waals surface area (Å²) in [4.78, 5) is 27.9. The van der Waals surface area contributed by atoms with E-state index in [9.17, 15) is 9.59 Å². The Morgan fingerprint density at radius 3 is 2.24 bits per heavy atom. The van der Waals surface area contributed by atoms with Gasteiger partial charge in [-0.2, -0.15) is 5.10 Å². The predicted octanol–water partition coefficient (Wildman–Crippen LogP) is 5.87. The number of rotatable bonds is 9. The third-order valence-corrected chi connectivity index (χ3v) is 6.15. The molecule has 38 heavy (non-hydrogen) atoms. The van der Waals surface area contributed by atoms with Crippen LogP contribution in [0.25, 0.3) is 5.69 Å². The van der Waals surface area contributed by atoms with Crippen LogP contribution >= 0.6 is 11.6 Å². The van der Waals surface area contributed by atoms with E-state index < -0.39 is 0 Å². The zero-order valence-electron chi connectivity index (χ0n) is 21.7. The monoisotopic (exact) mass is 530 g/mol. The number of benzene rings is 3. The van der Waals surface area contributed by atoms with Gasteiger partial charge in [-0.25, -0.2) is 4.68 Å². The minimum absolute atomic E-state index is 0.162. The van der Waals surface area contributed by atoms with E-state index in [1.165, 1.54) is 4.90 Å². The van der Waals surface area contributed by atoms with E-state index >= 15 is 0 Å². The highest BCUT2D eigenvalue weighted by atomic mass is 35.5. The van der Waals surface area contributed by atoms with Gasteiger partial charge in [-0.3, -0.25) is 9.59 Å². The molecule has 0 aliphatic rings. The zero-order valence-corrected chi connectivity index (χ0v) is 22.5. The van der Waals surface area contributed by atoms with E-state index in [0.717, 1.165) is 11.3 Å². The van der Waals surface area contributed by atoms with Crippen LogP contribution in [0.15, 0.2) is 91.0 Å². The molecule has 4 aromatic rings. The predicted molar refractivity (Wildman–Crippen MR) is 150 cm³/mol. The van der Waals surface area contributed by atoms with Crippen molar-refractivity contribution in [2.45, 2.75) is 32.7 Å². The highest BCUT2D eigenvalue weighted by Crippen LogP contribution is 2.29. The molecule has 0 radical (unpaired) electrons. The second kappa shape index (κ2) is 12.0. The highest BCUT2D eigenvalue weighted by molar-refractivity contribution is 6.32. The molecule has 0 fully saturated rings. The summed E-state index contributed by atoms with van der Waals surface area (Å²) in [6.45, 7) is 6.06. The fourth-order valence-electron chi connectivity index (χ4n) is 3.79. The van der Waals surface area contributed by atoms with Gasteiger partial charge in [0.05, 0.1) is 16.4 Å². The van der Waals surface area contributed by atoms with Crippen molar-refractivity contribution in [3.63, 3.8) is 0 Å². The Morgan fingerprint density at radius 2 is 1.58 bits per heavy atom. The summed E-state index contributed by atoms with van der Waals surface area (Å²) in [7, 11) is 0. The van der Waals surface area contributed by atoms with E-state index in [2.05, 4.69) is 5.32 Å². The number of amides is 2. The Morgan fingerprint density at radius 1 is 0.947 bits per heavy atom. The van der Waals surface area contributed by atoms with E-state index in [0.29, 0.717) is 22.3 Å². The molecule has 1 heterocycles. The van der Waals surface area contributed by atoms with Crippen LogP contribution in [-0.4, -0.2) is 39.6 Å². The first-order valence-corrected chi connectivity index (χ1v) is 12.7. The SMILES string of the molecule is CC(C)(C)c1cc(NC(=O)CN(Cc2ccccc2)C(=O)COc2ccccc2)n(-c2ccccc2Cl)n1. The van der Waals surface area contributed by atoms with Crippen LogP contribution in [0.5, 0.6) is 5.75 Å². The third-order valence-electron chi connectivity index (χ3n) is 5.83. The summed E-state index contributed by atoms with van der Waals surface area (Å²) in [5.74, 6) is 0.398. The Bertz CT molecular complexity index is 1380. The molecule has 0 saturated carbocycles. The van der Waals surface area contributed by atoms with E-state index in [1.807, 2.05) is 93.6 Å². The molecule has 8 heteroatoms. The van der Waals surface area contributed by atoms with Gasteiger partial charge in [-0.1, -0.05) is 93.0 Å². The maximum atomic E-state index is 13.3. The number of anilines is 1. The van der Waals surface area contributed by atoms with Gasteiger partial charge >= 0.3 is 0 Å². The third kappa shape index (κ3) is 7.01. The van der Waals surface area contributed by atoms with Gasteiger partial charge in [0.15, 0.2) is 6.61 Å². The van der Waals surface area contributed by atoms with E-state index in [-0.39, 0.29) is 36.9 Å². The Labute approximate surface area is 228 Å². The van der Waals surface area contributed by atoms with Crippen LogP contribution in [0, 0.1) is 0 Å². The molecule has 0 bridgehead atoms. The number of aromatic nitrogens is 2. The first-order valence-electron chi connectivity index (χ1n) is 12.4. The minimum atomic E-state index is -0.359. The van der Waals surface area contributed by atoms with Gasteiger partial charge in [-0.05, 0) is 29.8 Å². The Kier molecular flexibility index (Phi) is 8.48. The average Bonchev–Trinajstić information content (AvgIpc) is 3.32. The molecule has 0 spiro atoms. The van der Waals surface area contributed by atoms with Crippen LogP contribution in [0.1, 0.15) is 32.0 Å². The van der Waals surface area contributed by atoms with Gasteiger partial charge in [-0.15, -0.1) is 0 Å². The van der Waals surface area contributed by atoms with Crippen molar-refractivity contribution in [3.8, 4) is 11.4 Å². The Hall–Kier alpha value is -4.10. The normalized spacial score (nSPS) is 11.2. The van der Waals surface area contributed by atoms with Crippen molar-refractivity contribution in [1.29, 1.82) is 0 Å². The van der Waals surface area contributed by atoms with Crippen molar-refractivity contribution in [2.75, 3.05) is 18.5 Å². The van der Waals surface area contributed by atoms with Gasteiger partial charge in [0.25, 0.3) is 5.91 Å². The number of nitrogens with zero attached hydrogens (tertiary/aromatic N) is 3. The fourth-order valence-corrected chi connectivity index (χ4v) is 4.00. The smallest absolute Gasteiger partial charge is 0.261 e. The Balaban J connectivity index is 1.55. The van der Waals surface area contributed by atoms with Gasteiger partial charge in [0.2, 0.25) is 5.91 Å². The number of hydrogen-bond acceptors (Lipinski definition) is 4. The summed E-state index contributed by atoms with van der Waals surface area (Å²) < 4.78 is 7.29. The number of halogens is 1. The molecule has 0 unspecified atom stereocenters. The molecule has 0 aliphatic carbocycles. The lowest BCUT2D eigenvalue weighted by Gasteiger charge is -2.22. The summed E-state index contributed by atoms with van der Waals surface area (Å²) in [6.07, 6.45) is 0. The average molecular weight is 531 g/mol. The summed E-state index contributed by atoms with van der Waals surface area (Å²) in [5.41, 5.74) is 2.09. The first kappa shape index (κ1) is 26.9. The molecule has 2 amide bonds. The molecule has 0 aliphatic heterocycles. The maximum Gasteiger partial charge on any atom is 0.261 e. The van der Waals surface area contributed by atoms with Crippen molar-refractivity contribution < 1.29 is 14.3 Å². The highest BCUT2D eigenvalue weighted by Gasteiger charge is 2.24. The van der Waals surface area contributed by atoms with Gasteiger partial charge < -0.3 is 15.0 Å². The van der Waals surface area contributed by atoms with E-state index in [4.69, 9.17) is 21.4 Å². The molecule has 4 rings (SSSR count). The quantitative estimate of drug-likeness (QED) is 0.293. The standard InChI is InChI=1S/C30H31ClN4O3/c1-30(2,3)26-18-27(35(33-26)25-17-11-10-16-24(25)31)32-28(36)20-34(19-22-12-6-4-7-13-22)29(37)21-38-23-14-8-5-9-15-23/h4-18H,19-21H2,1-3H3,(H,32,36). The van der Waals surface area contributed by atoms with Crippen molar-refractivity contribution in [1.82, 2.24) is 14.7 Å². The largest absolute Gasteiger partial charge is 0.484 e. The zero-order chi connectivity index (χ0) is 27.1. The maximum absolute atomic E-state index is 13.3. The lowest BCUT2D eigenvalue weighted by molar-refractivity contribution is -0.137. The summed E-state index contributed by atoms with van der Waals surface area (Å²) >= 11 is 6.45. The summed E-state index contributed by atoms with van der Waals surface area (Å²) in [5, 5.41) is 8.17. The molecule has 1 aromatic heterocycles. The molecule has 0 atom stereocenters. The molecule has 1 N–H and O–H groups in total. The van der Waals surface area contributed by atoms with Crippen molar-refractivity contribution >= 4 is 29.2 Å². The van der Waals surface area contributed by atoms with Crippen LogP contribution in [0.3, 0.4) is 0 Å². The number of carbonyl (C=O) groups is 2. The minimum Gasteiger partial charge on any atom is -0.484 e. The van der Waals surface area contributed by atoms with Crippen LogP contribution in [0.2, 0.25) is 5.02 Å². The van der Waals surface area contributed by atoms with Crippen molar-refractivity contribution in [3.05, 3.63) is 107 Å². The molecular weight excluding hydrogens is 500 g/mol. The first-order chi connectivity index (χ1) is 18.2. The second-order valence-electron chi connectivity index (χ2n) is 9.91. The summed E-state index contributed by atoms with van der Waals surface area (Å²) in [6, 6.07) is 27.8. The van der Waals surface area contributed by atoms with E-state index in [1.54, 1.807) is 22.9 Å². The number of para-hydroxylation sites is 2.